The number of amides is 1. The topological polar surface area (TPSA) is 107 Å². The smallest absolute Gasteiger partial charge is 0.284 e. The first-order valence-corrected chi connectivity index (χ1v) is 12.3. The summed E-state index contributed by atoms with van der Waals surface area (Å²) in [6.45, 7) is 0. The number of furan rings is 1. The van der Waals surface area contributed by atoms with Crippen LogP contribution in [0, 0.1) is 0 Å². The fraction of sp³-hybridized carbons (Fsp3) is 0.611. The zero-order chi connectivity index (χ0) is 19.6. The number of hydrogen-bond donors (Lipinski definition) is 0. The van der Waals surface area contributed by atoms with Crippen LogP contribution in [0.15, 0.2) is 32.5 Å². The lowest BCUT2D eigenvalue weighted by molar-refractivity contribution is -0.133. The number of sulfone groups is 1. The monoisotopic (exact) mass is 425 g/mol. The highest BCUT2D eigenvalue weighted by molar-refractivity contribution is 7.99. The van der Waals surface area contributed by atoms with E-state index < -0.39 is 9.84 Å². The van der Waals surface area contributed by atoms with Crippen molar-refractivity contribution in [3.05, 3.63) is 18.4 Å². The minimum atomic E-state index is -3.05. The molecule has 1 saturated heterocycles. The van der Waals surface area contributed by atoms with Gasteiger partial charge in [0.15, 0.2) is 15.6 Å². The molecule has 1 saturated carbocycles. The second kappa shape index (κ2) is 8.28. The van der Waals surface area contributed by atoms with E-state index in [0.717, 1.165) is 25.7 Å². The molecular formula is C18H23N3O5S2. The summed E-state index contributed by atoms with van der Waals surface area (Å²) in [5.41, 5.74) is 0. The highest BCUT2D eigenvalue weighted by Gasteiger charge is 2.38. The Bertz CT molecular complexity index is 904. The van der Waals surface area contributed by atoms with E-state index in [0.29, 0.717) is 17.4 Å². The average Bonchev–Trinajstić information content (AvgIpc) is 3.42. The molecule has 0 spiro atoms. The predicted molar refractivity (Wildman–Crippen MR) is 104 cm³/mol. The minimum Gasteiger partial charge on any atom is -0.459 e. The van der Waals surface area contributed by atoms with Gasteiger partial charge in [0.05, 0.1) is 23.5 Å². The molecule has 2 aromatic rings. The van der Waals surface area contributed by atoms with Crippen LogP contribution >= 0.6 is 11.8 Å². The lowest BCUT2D eigenvalue weighted by Gasteiger charge is -2.38. The van der Waals surface area contributed by atoms with E-state index >= 15 is 0 Å². The van der Waals surface area contributed by atoms with Gasteiger partial charge in [0.25, 0.3) is 11.1 Å². The molecule has 8 nitrogen and oxygen atoms in total. The maximum Gasteiger partial charge on any atom is 0.284 e. The molecule has 0 unspecified atom stereocenters. The molecule has 0 aromatic carbocycles. The van der Waals surface area contributed by atoms with E-state index in [1.807, 2.05) is 4.90 Å². The second-order valence-electron chi connectivity index (χ2n) is 7.29. The van der Waals surface area contributed by atoms with Crippen molar-refractivity contribution in [2.75, 3.05) is 17.3 Å². The first-order chi connectivity index (χ1) is 13.5. The molecule has 2 aliphatic rings. The first kappa shape index (κ1) is 19.5. The van der Waals surface area contributed by atoms with Gasteiger partial charge in [0.1, 0.15) is 0 Å². The SMILES string of the molecule is O=C(CSc1nnc(-c2ccco2)o1)N(C1CCCCC1)[C@@H]1CCS(=O)(=O)C1. The summed E-state index contributed by atoms with van der Waals surface area (Å²) in [6.07, 6.45) is 7.26. The second-order valence-corrected chi connectivity index (χ2v) is 10.4. The van der Waals surface area contributed by atoms with Crippen molar-refractivity contribution >= 4 is 27.5 Å². The molecule has 1 amide bonds. The van der Waals surface area contributed by atoms with E-state index in [-0.39, 0.29) is 41.1 Å². The minimum absolute atomic E-state index is 0.0586. The number of rotatable bonds is 6. The van der Waals surface area contributed by atoms with Crippen LogP contribution in [0.4, 0.5) is 0 Å². The van der Waals surface area contributed by atoms with Gasteiger partial charge < -0.3 is 13.7 Å². The Morgan fingerprint density at radius 2 is 2.00 bits per heavy atom. The van der Waals surface area contributed by atoms with Crippen LogP contribution in [0.5, 0.6) is 0 Å². The normalized spacial score (nSPS) is 22.4. The zero-order valence-corrected chi connectivity index (χ0v) is 17.1. The fourth-order valence-corrected chi connectivity index (χ4v) is 6.37. The van der Waals surface area contributed by atoms with E-state index in [4.69, 9.17) is 8.83 Å². The van der Waals surface area contributed by atoms with Crippen LogP contribution in [0.1, 0.15) is 38.5 Å². The van der Waals surface area contributed by atoms with Crippen LogP contribution in [0.2, 0.25) is 0 Å². The number of aromatic nitrogens is 2. The number of carbonyl (C=O) groups is 1. The third-order valence-corrected chi connectivity index (χ3v) is 7.87. The highest BCUT2D eigenvalue weighted by Crippen LogP contribution is 2.30. The van der Waals surface area contributed by atoms with Gasteiger partial charge in [-0.1, -0.05) is 31.0 Å². The van der Waals surface area contributed by atoms with Crippen molar-refractivity contribution in [2.45, 2.75) is 55.8 Å². The van der Waals surface area contributed by atoms with Crippen LogP contribution in [0.3, 0.4) is 0 Å². The number of thioether (sulfide) groups is 1. The molecule has 1 aliphatic heterocycles. The lowest BCUT2D eigenvalue weighted by atomic mass is 9.93. The first-order valence-electron chi connectivity index (χ1n) is 9.53. The molecule has 3 heterocycles. The Hall–Kier alpha value is -1.81. The Morgan fingerprint density at radius 1 is 1.18 bits per heavy atom. The average molecular weight is 426 g/mol. The number of hydrogen-bond acceptors (Lipinski definition) is 8. The maximum absolute atomic E-state index is 13.1. The van der Waals surface area contributed by atoms with E-state index in [1.54, 1.807) is 12.1 Å². The standard InChI is InChI=1S/C18H23N3O5S2/c22-16(11-27-18-20-19-17(26-18)15-7-4-9-25-15)21(13-5-2-1-3-6-13)14-8-10-28(23,24)12-14/h4,7,9,13-14H,1-3,5-6,8,10-12H2/t14-/m1/s1. The molecular weight excluding hydrogens is 402 g/mol. The quantitative estimate of drug-likeness (QED) is 0.650. The number of nitrogens with zero attached hydrogens (tertiary/aromatic N) is 3. The summed E-state index contributed by atoms with van der Waals surface area (Å²) in [6, 6.07) is 3.36. The van der Waals surface area contributed by atoms with Gasteiger partial charge in [-0.05, 0) is 31.4 Å². The van der Waals surface area contributed by atoms with Gasteiger partial charge in [-0.15, -0.1) is 10.2 Å². The summed E-state index contributed by atoms with van der Waals surface area (Å²) in [5.74, 6) is 1.07. The molecule has 2 fully saturated rings. The molecule has 2 aromatic heterocycles. The zero-order valence-electron chi connectivity index (χ0n) is 15.5. The maximum atomic E-state index is 13.1. The van der Waals surface area contributed by atoms with Crippen molar-refractivity contribution in [2.24, 2.45) is 0 Å². The molecule has 0 bridgehead atoms. The van der Waals surface area contributed by atoms with Gasteiger partial charge in [-0.2, -0.15) is 0 Å². The van der Waals surface area contributed by atoms with Gasteiger partial charge in [-0.3, -0.25) is 4.79 Å². The Kier molecular flexibility index (Phi) is 5.77. The number of carbonyl (C=O) groups excluding carboxylic acids is 1. The van der Waals surface area contributed by atoms with Gasteiger partial charge in [0.2, 0.25) is 5.91 Å². The molecule has 0 N–H and O–H groups in total. The summed E-state index contributed by atoms with van der Waals surface area (Å²) >= 11 is 1.18. The van der Waals surface area contributed by atoms with Crippen molar-refractivity contribution in [3.8, 4) is 11.7 Å². The molecule has 0 radical (unpaired) electrons. The fourth-order valence-electron chi connectivity index (χ4n) is 4.03. The van der Waals surface area contributed by atoms with Gasteiger partial charge >= 0.3 is 0 Å². The molecule has 152 valence electrons. The third-order valence-electron chi connectivity index (χ3n) is 5.32. The van der Waals surface area contributed by atoms with Crippen LogP contribution < -0.4 is 0 Å². The Balaban J connectivity index is 1.43. The van der Waals surface area contributed by atoms with Crippen molar-refractivity contribution < 1.29 is 22.0 Å². The third kappa shape index (κ3) is 4.43. The van der Waals surface area contributed by atoms with Crippen molar-refractivity contribution in [3.63, 3.8) is 0 Å². The van der Waals surface area contributed by atoms with E-state index in [9.17, 15) is 13.2 Å². The molecule has 4 rings (SSSR count). The summed E-state index contributed by atoms with van der Waals surface area (Å²) < 4.78 is 34.7. The van der Waals surface area contributed by atoms with E-state index in [1.165, 1.54) is 24.4 Å². The molecule has 10 heteroatoms. The van der Waals surface area contributed by atoms with Crippen molar-refractivity contribution in [1.29, 1.82) is 0 Å². The van der Waals surface area contributed by atoms with Crippen LogP contribution in [-0.4, -0.2) is 58.8 Å². The largest absolute Gasteiger partial charge is 0.459 e. The van der Waals surface area contributed by atoms with Crippen LogP contribution in [-0.2, 0) is 14.6 Å². The summed E-state index contributed by atoms with van der Waals surface area (Å²) in [5, 5.41) is 8.18. The van der Waals surface area contributed by atoms with E-state index in [2.05, 4.69) is 10.2 Å². The highest BCUT2D eigenvalue weighted by atomic mass is 32.2. The summed E-state index contributed by atoms with van der Waals surface area (Å²) in [7, 11) is -3.05. The van der Waals surface area contributed by atoms with Crippen molar-refractivity contribution in [1.82, 2.24) is 15.1 Å². The molecule has 28 heavy (non-hydrogen) atoms. The predicted octanol–water partition coefficient (Wildman–Crippen LogP) is 2.77. The summed E-state index contributed by atoms with van der Waals surface area (Å²) in [4.78, 5) is 14.9. The Morgan fingerprint density at radius 3 is 2.68 bits per heavy atom. The molecule has 1 atom stereocenters. The molecule has 1 aliphatic carbocycles. The van der Waals surface area contributed by atoms with Gasteiger partial charge in [0, 0.05) is 12.1 Å². The van der Waals surface area contributed by atoms with Gasteiger partial charge in [-0.25, -0.2) is 8.42 Å². The van der Waals surface area contributed by atoms with Crippen LogP contribution in [0.25, 0.3) is 11.7 Å². The lowest BCUT2D eigenvalue weighted by Crippen LogP contribution is -2.49. The Labute approximate surface area is 168 Å².